The fourth-order valence-corrected chi connectivity index (χ4v) is 4.98. The van der Waals surface area contributed by atoms with E-state index in [0.717, 1.165) is 35.4 Å². The minimum atomic E-state index is 0.100. The topological polar surface area (TPSA) is 69.9 Å². The summed E-state index contributed by atoms with van der Waals surface area (Å²) in [6.45, 7) is 0. The normalized spacial score (nSPS) is 12.9. The molecule has 0 radical (unpaired) electrons. The lowest BCUT2D eigenvalue weighted by molar-refractivity contribution is 0.102. The number of carbonyl (C=O) groups excluding carboxylic acids is 1. The molecule has 0 N–H and O–H groups in total. The molecule has 4 aromatic rings. The van der Waals surface area contributed by atoms with Crippen LogP contribution in [0, 0.1) is 0 Å². The maximum Gasteiger partial charge on any atom is 0.196 e. The van der Waals surface area contributed by atoms with Gasteiger partial charge in [-0.25, -0.2) is 0 Å². The van der Waals surface area contributed by atoms with Gasteiger partial charge in [0.05, 0.1) is 12.9 Å². The monoisotopic (exact) mass is 456 g/mol. The molecule has 0 spiro atoms. The highest BCUT2D eigenvalue weighted by Gasteiger charge is 2.19. The summed E-state index contributed by atoms with van der Waals surface area (Å²) < 4.78 is 7.27. The van der Waals surface area contributed by atoms with Gasteiger partial charge in [0.2, 0.25) is 0 Å². The molecular formula is C26H24N4O2S. The van der Waals surface area contributed by atoms with Crippen molar-refractivity contribution < 1.29 is 9.53 Å². The number of ketones is 1. The highest BCUT2D eigenvalue weighted by atomic mass is 32.2. The number of methoxy groups -OCH3 is 1. The first-order valence-corrected chi connectivity index (χ1v) is 12.0. The summed E-state index contributed by atoms with van der Waals surface area (Å²) in [5.41, 5.74) is 5.27. The lowest BCUT2D eigenvalue weighted by atomic mass is 9.90. The lowest BCUT2D eigenvalue weighted by Gasteiger charge is -2.16. The quantitative estimate of drug-likeness (QED) is 0.281. The predicted molar refractivity (Wildman–Crippen MR) is 129 cm³/mol. The van der Waals surface area contributed by atoms with E-state index in [1.165, 1.54) is 35.7 Å². The molecule has 0 unspecified atom stereocenters. The van der Waals surface area contributed by atoms with E-state index in [2.05, 4.69) is 27.3 Å². The van der Waals surface area contributed by atoms with E-state index >= 15 is 0 Å². The lowest BCUT2D eigenvalue weighted by Crippen LogP contribution is -2.08. The summed E-state index contributed by atoms with van der Waals surface area (Å²) in [6.07, 6.45) is 8.06. The fourth-order valence-electron chi connectivity index (χ4n) is 4.14. The van der Waals surface area contributed by atoms with Crippen LogP contribution in [0.3, 0.4) is 0 Å². The number of hydrogen-bond acceptors (Lipinski definition) is 6. The number of Topliss-reactive ketones (excluding diaryl/α,β-unsaturated/α-hetero) is 1. The Bertz CT molecular complexity index is 1270. The summed E-state index contributed by atoms with van der Waals surface area (Å²) >= 11 is 1.40. The van der Waals surface area contributed by atoms with Crippen molar-refractivity contribution in [2.75, 3.05) is 12.9 Å². The van der Waals surface area contributed by atoms with Crippen LogP contribution in [0.1, 0.15) is 34.3 Å². The first-order valence-electron chi connectivity index (χ1n) is 11.0. The summed E-state index contributed by atoms with van der Waals surface area (Å²) in [6, 6.07) is 17.7. The number of thioether (sulfide) groups is 1. The average molecular weight is 457 g/mol. The van der Waals surface area contributed by atoms with Crippen molar-refractivity contribution in [1.82, 2.24) is 19.7 Å². The summed E-state index contributed by atoms with van der Waals surface area (Å²) in [7, 11) is 1.64. The molecule has 0 bridgehead atoms. The maximum absolute atomic E-state index is 13.0. The second kappa shape index (κ2) is 9.58. The van der Waals surface area contributed by atoms with Crippen LogP contribution in [0.4, 0.5) is 0 Å². The number of benzene rings is 2. The number of aromatic nitrogens is 4. The van der Waals surface area contributed by atoms with Crippen LogP contribution in [0.15, 0.2) is 72.1 Å². The van der Waals surface area contributed by atoms with E-state index in [1.807, 2.05) is 47.0 Å². The second-order valence-corrected chi connectivity index (χ2v) is 8.92. The average Bonchev–Trinajstić information content (AvgIpc) is 3.31. The van der Waals surface area contributed by atoms with Crippen LogP contribution in [0.25, 0.3) is 17.1 Å². The molecule has 1 aliphatic carbocycles. The zero-order chi connectivity index (χ0) is 22.6. The number of pyridine rings is 1. The number of rotatable bonds is 7. The Labute approximate surface area is 197 Å². The van der Waals surface area contributed by atoms with Crippen molar-refractivity contribution >= 4 is 17.5 Å². The summed E-state index contributed by atoms with van der Waals surface area (Å²) in [4.78, 5) is 17.1. The molecule has 0 fully saturated rings. The van der Waals surface area contributed by atoms with Crippen molar-refractivity contribution in [2.45, 2.75) is 30.8 Å². The Hall–Kier alpha value is -3.45. The van der Waals surface area contributed by atoms with Crippen molar-refractivity contribution in [2.24, 2.45) is 0 Å². The van der Waals surface area contributed by atoms with Gasteiger partial charge in [-0.3, -0.25) is 14.3 Å². The van der Waals surface area contributed by atoms with Gasteiger partial charge in [0, 0.05) is 29.2 Å². The van der Waals surface area contributed by atoms with Gasteiger partial charge in [0.25, 0.3) is 0 Å². The van der Waals surface area contributed by atoms with Gasteiger partial charge >= 0.3 is 0 Å². The Morgan fingerprint density at radius 3 is 2.48 bits per heavy atom. The predicted octanol–water partition coefficient (Wildman–Crippen LogP) is 5.19. The Balaban J connectivity index is 1.43. The number of aryl methyl sites for hydroxylation is 2. The molecule has 0 saturated heterocycles. The molecule has 2 aromatic heterocycles. The van der Waals surface area contributed by atoms with Crippen molar-refractivity contribution in [3.8, 4) is 22.8 Å². The van der Waals surface area contributed by atoms with Crippen molar-refractivity contribution in [3.63, 3.8) is 0 Å². The van der Waals surface area contributed by atoms with Gasteiger partial charge in [0.15, 0.2) is 16.8 Å². The first kappa shape index (κ1) is 21.4. The summed E-state index contributed by atoms with van der Waals surface area (Å²) in [5, 5.41) is 9.52. The molecule has 0 aliphatic heterocycles. The highest BCUT2D eigenvalue weighted by molar-refractivity contribution is 7.99. The minimum absolute atomic E-state index is 0.100. The molecule has 0 saturated carbocycles. The Morgan fingerprint density at radius 2 is 1.73 bits per heavy atom. The largest absolute Gasteiger partial charge is 0.497 e. The zero-order valence-corrected chi connectivity index (χ0v) is 19.2. The third-order valence-electron chi connectivity index (χ3n) is 5.91. The number of hydrogen-bond donors (Lipinski definition) is 0. The number of carbonyl (C=O) groups is 1. The highest BCUT2D eigenvalue weighted by Crippen LogP contribution is 2.29. The van der Waals surface area contributed by atoms with Crippen LogP contribution >= 0.6 is 11.8 Å². The van der Waals surface area contributed by atoms with E-state index in [0.29, 0.717) is 16.7 Å². The Morgan fingerprint density at radius 1 is 0.970 bits per heavy atom. The molecular weight excluding hydrogens is 432 g/mol. The smallest absolute Gasteiger partial charge is 0.196 e. The SMILES string of the molecule is COc1ccc(-n2c(SCC(=O)c3ccc4c(c3)CCCC4)nnc2-c2ccncc2)cc1. The molecule has 7 heteroatoms. The van der Waals surface area contributed by atoms with Crippen LogP contribution in [-0.2, 0) is 12.8 Å². The van der Waals surface area contributed by atoms with E-state index < -0.39 is 0 Å². The molecule has 33 heavy (non-hydrogen) atoms. The molecule has 2 aromatic carbocycles. The molecule has 0 amide bonds. The molecule has 1 aliphatic rings. The van der Waals surface area contributed by atoms with E-state index in [9.17, 15) is 4.79 Å². The van der Waals surface area contributed by atoms with Gasteiger partial charge in [-0.2, -0.15) is 0 Å². The molecule has 6 nitrogen and oxygen atoms in total. The maximum atomic E-state index is 13.0. The van der Waals surface area contributed by atoms with Gasteiger partial charge in [-0.05, 0) is 79.3 Å². The van der Waals surface area contributed by atoms with E-state index in [4.69, 9.17) is 4.74 Å². The molecule has 0 atom stereocenters. The number of nitrogens with zero attached hydrogens (tertiary/aromatic N) is 4. The van der Waals surface area contributed by atoms with Crippen LogP contribution in [0.2, 0.25) is 0 Å². The van der Waals surface area contributed by atoms with Gasteiger partial charge in [-0.15, -0.1) is 10.2 Å². The fraction of sp³-hybridized carbons (Fsp3) is 0.231. The molecule has 5 rings (SSSR count). The van der Waals surface area contributed by atoms with Gasteiger partial charge in [-0.1, -0.05) is 23.9 Å². The van der Waals surface area contributed by atoms with Crippen molar-refractivity contribution in [3.05, 3.63) is 83.7 Å². The van der Waals surface area contributed by atoms with Crippen LogP contribution in [-0.4, -0.2) is 38.4 Å². The molecule has 166 valence electrons. The minimum Gasteiger partial charge on any atom is -0.497 e. The number of fused-ring (bicyclic) bond motifs is 1. The molecule has 2 heterocycles. The first-order chi connectivity index (χ1) is 16.2. The number of ether oxygens (including phenoxy) is 1. The van der Waals surface area contributed by atoms with E-state index in [-0.39, 0.29) is 5.78 Å². The zero-order valence-electron chi connectivity index (χ0n) is 18.4. The van der Waals surface area contributed by atoms with Crippen molar-refractivity contribution in [1.29, 1.82) is 0 Å². The third-order valence-corrected chi connectivity index (χ3v) is 6.83. The van der Waals surface area contributed by atoms with E-state index in [1.54, 1.807) is 19.5 Å². The second-order valence-electron chi connectivity index (χ2n) is 7.98. The Kier molecular flexibility index (Phi) is 6.21. The summed E-state index contributed by atoms with van der Waals surface area (Å²) in [5.74, 6) is 1.87. The standard InChI is InChI=1S/C26H24N4O2S/c1-32-23-10-8-22(9-11-23)30-25(19-12-14-27-15-13-19)28-29-26(30)33-17-24(31)21-7-6-18-4-2-3-5-20(18)16-21/h6-16H,2-5,17H2,1H3. The van der Waals surface area contributed by atoms with Crippen LogP contribution in [0.5, 0.6) is 5.75 Å². The van der Waals surface area contributed by atoms with Gasteiger partial charge in [0.1, 0.15) is 5.75 Å². The third kappa shape index (κ3) is 4.54. The van der Waals surface area contributed by atoms with Crippen LogP contribution < -0.4 is 4.74 Å². The van der Waals surface area contributed by atoms with Gasteiger partial charge < -0.3 is 4.74 Å².